The number of nitrogens with one attached hydrogen (secondary N) is 1. The number of tetrazole rings is 1. The molecule has 0 saturated heterocycles. The lowest BCUT2D eigenvalue weighted by molar-refractivity contribution is -0.119. The number of carbonyl (C=O) groups excluding carboxylic acids is 1. The SMILES string of the molecule is Cc1ccc(C2C=C(c3ccccc3)N(CC(=O)NCC(C)C)c3nnnn32)cc1. The fourth-order valence-corrected chi connectivity index (χ4v) is 3.50. The molecule has 1 aliphatic rings. The van der Waals surface area contributed by atoms with Crippen LogP contribution in [-0.2, 0) is 4.79 Å². The molecular weight excluding hydrogens is 376 g/mol. The molecule has 2 heterocycles. The minimum absolute atomic E-state index is 0.0612. The molecule has 30 heavy (non-hydrogen) atoms. The minimum Gasteiger partial charge on any atom is -0.354 e. The van der Waals surface area contributed by atoms with E-state index in [-0.39, 0.29) is 18.5 Å². The summed E-state index contributed by atoms with van der Waals surface area (Å²) in [5.74, 6) is 0.881. The van der Waals surface area contributed by atoms with Gasteiger partial charge in [0.1, 0.15) is 12.6 Å². The maximum atomic E-state index is 12.7. The second-order valence-electron chi connectivity index (χ2n) is 7.98. The van der Waals surface area contributed by atoms with Crippen molar-refractivity contribution in [2.75, 3.05) is 18.0 Å². The quantitative estimate of drug-likeness (QED) is 0.685. The largest absolute Gasteiger partial charge is 0.354 e. The average molecular weight is 403 g/mol. The van der Waals surface area contributed by atoms with Gasteiger partial charge in [0, 0.05) is 6.54 Å². The standard InChI is InChI=1S/C23H26N6O/c1-16(2)14-24-22(30)15-28-20(18-7-5-4-6-8-18)13-21(29-23(28)25-26-27-29)19-11-9-17(3)10-12-19/h4-13,16,21H,14-15H2,1-3H3,(H,24,30). The first-order chi connectivity index (χ1) is 14.5. The number of fused-ring (bicyclic) bond motifs is 1. The smallest absolute Gasteiger partial charge is 0.251 e. The van der Waals surface area contributed by atoms with Crippen LogP contribution < -0.4 is 10.2 Å². The summed E-state index contributed by atoms with van der Waals surface area (Å²) in [5.41, 5.74) is 4.22. The van der Waals surface area contributed by atoms with Crippen LogP contribution in [0.15, 0.2) is 60.7 Å². The number of carbonyl (C=O) groups is 1. The maximum Gasteiger partial charge on any atom is 0.251 e. The van der Waals surface area contributed by atoms with Crippen LogP contribution in [0.1, 0.15) is 36.6 Å². The summed E-state index contributed by atoms with van der Waals surface area (Å²) in [5, 5.41) is 15.4. The number of allylic oxidation sites excluding steroid dienone is 1. The van der Waals surface area contributed by atoms with E-state index in [4.69, 9.17) is 0 Å². The molecule has 0 spiro atoms. The molecule has 1 aromatic heterocycles. The van der Waals surface area contributed by atoms with Crippen molar-refractivity contribution < 1.29 is 4.79 Å². The Morgan fingerprint density at radius 2 is 1.83 bits per heavy atom. The summed E-state index contributed by atoms with van der Waals surface area (Å²) in [6.45, 7) is 6.99. The number of hydrogen-bond acceptors (Lipinski definition) is 5. The second kappa shape index (κ2) is 8.49. The van der Waals surface area contributed by atoms with Gasteiger partial charge in [0.05, 0.1) is 5.70 Å². The Balaban J connectivity index is 1.75. The Morgan fingerprint density at radius 3 is 2.53 bits per heavy atom. The minimum atomic E-state index is -0.152. The van der Waals surface area contributed by atoms with Crippen LogP contribution in [0.2, 0.25) is 0 Å². The van der Waals surface area contributed by atoms with Gasteiger partial charge in [-0.3, -0.25) is 9.69 Å². The monoisotopic (exact) mass is 402 g/mol. The van der Waals surface area contributed by atoms with Crippen molar-refractivity contribution in [3.05, 3.63) is 77.4 Å². The fourth-order valence-electron chi connectivity index (χ4n) is 3.50. The molecule has 4 rings (SSSR count). The molecule has 0 radical (unpaired) electrons. The maximum absolute atomic E-state index is 12.7. The molecule has 1 atom stereocenters. The number of anilines is 1. The molecule has 1 N–H and O–H groups in total. The Hall–Kier alpha value is -3.48. The third kappa shape index (κ3) is 4.10. The van der Waals surface area contributed by atoms with E-state index in [9.17, 15) is 4.79 Å². The fraction of sp³-hybridized carbons (Fsp3) is 0.304. The van der Waals surface area contributed by atoms with E-state index < -0.39 is 0 Å². The Labute approximate surface area is 176 Å². The highest BCUT2D eigenvalue weighted by atomic mass is 16.2. The number of hydrogen-bond donors (Lipinski definition) is 1. The highest BCUT2D eigenvalue weighted by molar-refractivity contribution is 5.89. The van der Waals surface area contributed by atoms with Crippen molar-refractivity contribution in [1.82, 2.24) is 25.5 Å². The Morgan fingerprint density at radius 1 is 1.10 bits per heavy atom. The summed E-state index contributed by atoms with van der Waals surface area (Å²) in [7, 11) is 0. The van der Waals surface area contributed by atoms with E-state index in [1.807, 2.05) is 35.2 Å². The molecule has 0 aliphatic carbocycles. The summed E-state index contributed by atoms with van der Waals surface area (Å²) in [6.07, 6.45) is 2.12. The molecule has 0 bridgehead atoms. The molecule has 154 valence electrons. The first-order valence-electron chi connectivity index (χ1n) is 10.2. The molecule has 7 nitrogen and oxygen atoms in total. The van der Waals surface area contributed by atoms with Gasteiger partial charge in [-0.2, -0.15) is 4.68 Å². The topological polar surface area (TPSA) is 75.9 Å². The molecule has 1 unspecified atom stereocenters. The van der Waals surface area contributed by atoms with Crippen LogP contribution in [0.4, 0.5) is 5.95 Å². The summed E-state index contributed by atoms with van der Waals surface area (Å²) in [6, 6.07) is 18.2. The average Bonchev–Trinajstić information content (AvgIpc) is 3.24. The Kier molecular flexibility index (Phi) is 5.61. The number of benzene rings is 2. The van der Waals surface area contributed by atoms with Crippen molar-refractivity contribution in [3.63, 3.8) is 0 Å². The Bertz CT molecular complexity index is 1040. The highest BCUT2D eigenvalue weighted by Gasteiger charge is 2.31. The lowest BCUT2D eigenvalue weighted by atomic mass is 10.00. The first kappa shape index (κ1) is 19.8. The van der Waals surface area contributed by atoms with Crippen molar-refractivity contribution >= 4 is 17.6 Å². The van der Waals surface area contributed by atoms with Gasteiger partial charge < -0.3 is 5.32 Å². The third-order valence-corrected chi connectivity index (χ3v) is 5.08. The summed E-state index contributed by atoms with van der Waals surface area (Å²) >= 11 is 0. The van der Waals surface area contributed by atoms with E-state index in [1.54, 1.807) is 4.68 Å². The second-order valence-corrected chi connectivity index (χ2v) is 7.98. The van der Waals surface area contributed by atoms with Crippen LogP contribution in [0.5, 0.6) is 0 Å². The van der Waals surface area contributed by atoms with Crippen LogP contribution in [0.3, 0.4) is 0 Å². The van der Waals surface area contributed by atoms with Crippen molar-refractivity contribution in [2.45, 2.75) is 26.8 Å². The van der Waals surface area contributed by atoms with Crippen LogP contribution in [0, 0.1) is 12.8 Å². The number of nitrogens with zero attached hydrogens (tertiary/aromatic N) is 5. The number of amides is 1. The molecule has 0 saturated carbocycles. The molecular formula is C23H26N6O. The zero-order valence-electron chi connectivity index (χ0n) is 17.5. The predicted octanol–water partition coefficient (Wildman–Crippen LogP) is 3.20. The van der Waals surface area contributed by atoms with Crippen molar-refractivity contribution in [1.29, 1.82) is 0 Å². The molecule has 1 amide bonds. The van der Waals surface area contributed by atoms with Crippen molar-refractivity contribution in [3.8, 4) is 0 Å². The number of aryl methyl sites for hydroxylation is 1. The van der Waals surface area contributed by atoms with E-state index in [2.05, 4.69) is 72.0 Å². The van der Waals surface area contributed by atoms with Crippen LogP contribution in [0.25, 0.3) is 5.70 Å². The van der Waals surface area contributed by atoms with Gasteiger partial charge in [-0.15, -0.1) is 0 Å². The van der Waals surface area contributed by atoms with E-state index in [1.165, 1.54) is 5.56 Å². The molecule has 2 aromatic carbocycles. The number of aromatic nitrogens is 4. The van der Waals surface area contributed by atoms with Gasteiger partial charge in [0.25, 0.3) is 5.95 Å². The van der Waals surface area contributed by atoms with E-state index in [0.717, 1.165) is 16.8 Å². The third-order valence-electron chi connectivity index (χ3n) is 5.08. The van der Waals surface area contributed by atoms with Gasteiger partial charge in [-0.05, 0) is 40.5 Å². The normalized spacial score (nSPS) is 15.7. The van der Waals surface area contributed by atoms with Crippen LogP contribution >= 0.6 is 0 Å². The summed E-state index contributed by atoms with van der Waals surface area (Å²) in [4.78, 5) is 14.5. The lowest BCUT2D eigenvalue weighted by Gasteiger charge is -2.32. The summed E-state index contributed by atoms with van der Waals surface area (Å²) < 4.78 is 1.77. The van der Waals surface area contributed by atoms with Gasteiger partial charge >= 0.3 is 0 Å². The molecule has 1 aliphatic heterocycles. The van der Waals surface area contributed by atoms with Gasteiger partial charge in [0.2, 0.25) is 5.91 Å². The zero-order chi connectivity index (χ0) is 21.1. The van der Waals surface area contributed by atoms with E-state index >= 15 is 0 Å². The molecule has 0 fully saturated rings. The van der Waals surface area contributed by atoms with Gasteiger partial charge in [0.15, 0.2) is 0 Å². The number of rotatable bonds is 6. The zero-order valence-corrected chi connectivity index (χ0v) is 17.5. The highest BCUT2D eigenvalue weighted by Crippen LogP contribution is 2.35. The molecule has 7 heteroatoms. The van der Waals surface area contributed by atoms with Crippen LogP contribution in [-0.4, -0.2) is 39.2 Å². The predicted molar refractivity (Wildman–Crippen MR) is 117 cm³/mol. The van der Waals surface area contributed by atoms with Crippen molar-refractivity contribution in [2.24, 2.45) is 5.92 Å². The first-order valence-corrected chi connectivity index (χ1v) is 10.2. The van der Waals surface area contributed by atoms with Gasteiger partial charge in [-0.1, -0.05) is 79.1 Å². The lowest BCUT2D eigenvalue weighted by Crippen LogP contribution is -2.41. The molecule has 3 aromatic rings. The van der Waals surface area contributed by atoms with E-state index in [0.29, 0.717) is 18.4 Å². The van der Waals surface area contributed by atoms with Gasteiger partial charge in [-0.25, -0.2) is 0 Å².